The summed E-state index contributed by atoms with van der Waals surface area (Å²) in [6, 6.07) is 0.644. The van der Waals surface area contributed by atoms with Crippen molar-refractivity contribution >= 4 is 0 Å². The quantitative estimate of drug-likeness (QED) is 0.636. The van der Waals surface area contributed by atoms with Gasteiger partial charge in [0.15, 0.2) is 0 Å². The molecular formula is C13H28N2. The van der Waals surface area contributed by atoms with Crippen molar-refractivity contribution in [3.63, 3.8) is 0 Å². The first-order chi connectivity index (χ1) is 7.31. The lowest BCUT2D eigenvalue weighted by atomic mass is 10.1. The summed E-state index contributed by atoms with van der Waals surface area (Å²) in [5.74, 6) is 0.993. The Labute approximate surface area is 95.2 Å². The smallest absolute Gasteiger partial charge is 0.0218 e. The van der Waals surface area contributed by atoms with Crippen molar-refractivity contribution in [3.8, 4) is 0 Å². The first kappa shape index (κ1) is 13.0. The normalized spacial score (nSPS) is 18.4. The SMILES string of the molecule is CCCCC(CN)N(CCC)CC1CC1. The summed E-state index contributed by atoms with van der Waals surface area (Å²) in [5.41, 5.74) is 5.90. The number of hydrogen-bond donors (Lipinski definition) is 1. The minimum atomic E-state index is 0.644. The van der Waals surface area contributed by atoms with Crippen molar-refractivity contribution in [1.29, 1.82) is 0 Å². The maximum Gasteiger partial charge on any atom is 0.0218 e. The van der Waals surface area contributed by atoms with Gasteiger partial charge in [-0.1, -0.05) is 26.7 Å². The molecule has 1 saturated carbocycles. The van der Waals surface area contributed by atoms with Crippen LogP contribution in [-0.4, -0.2) is 30.6 Å². The number of nitrogens with two attached hydrogens (primary N) is 1. The van der Waals surface area contributed by atoms with Crippen LogP contribution in [0.5, 0.6) is 0 Å². The Morgan fingerprint density at radius 2 is 2.00 bits per heavy atom. The summed E-state index contributed by atoms with van der Waals surface area (Å²) in [6.45, 7) is 7.92. The molecule has 1 aliphatic carbocycles. The maximum absolute atomic E-state index is 5.90. The molecule has 2 nitrogen and oxygen atoms in total. The van der Waals surface area contributed by atoms with Gasteiger partial charge in [0.05, 0.1) is 0 Å². The molecule has 1 atom stereocenters. The number of unbranched alkanes of at least 4 members (excludes halogenated alkanes) is 1. The van der Waals surface area contributed by atoms with Crippen molar-refractivity contribution in [2.45, 2.75) is 58.4 Å². The molecule has 0 aliphatic heterocycles. The summed E-state index contributed by atoms with van der Waals surface area (Å²) in [4.78, 5) is 2.65. The predicted octanol–water partition coefficient (Wildman–Crippen LogP) is 2.63. The predicted molar refractivity (Wildman–Crippen MR) is 67.0 cm³/mol. The van der Waals surface area contributed by atoms with E-state index < -0.39 is 0 Å². The van der Waals surface area contributed by atoms with Crippen LogP contribution in [0.15, 0.2) is 0 Å². The van der Waals surface area contributed by atoms with E-state index in [9.17, 15) is 0 Å². The molecule has 1 aliphatic rings. The molecule has 0 radical (unpaired) electrons. The molecule has 0 spiro atoms. The summed E-state index contributed by atoms with van der Waals surface area (Å²) >= 11 is 0. The number of rotatable bonds is 9. The second-order valence-electron chi connectivity index (χ2n) is 4.97. The van der Waals surface area contributed by atoms with Gasteiger partial charge < -0.3 is 5.73 Å². The molecule has 1 rings (SSSR count). The molecule has 0 amide bonds. The zero-order valence-corrected chi connectivity index (χ0v) is 10.5. The Balaban J connectivity index is 2.33. The summed E-state index contributed by atoms with van der Waals surface area (Å²) < 4.78 is 0. The molecule has 15 heavy (non-hydrogen) atoms. The monoisotopic (exact) mass is 212 g/mol. The lowest BCUT2D eigenvalue weighted by molar-refractivity contribution is 0.180. The highest BCUT2D eigenvalue weighted by molar-refractivity contribution is 4.81. The summed E-state index contributed by atoms with van der Waals surface area (Å²) in [7, 11) is 0. The van der Waals surface area contributed by atoms with Gasteiger partial charge in [-0.05, 0) is 38.1 Å². The molecule has 2 N–H and O–H groups in total. The van der Waals surface area contributed by atoms with Gasteiger partial charge in [-0.25, -0.2) is 0 Å². The van der Waals surface area contributed by atoms with Crippen molar-refractivity contribution in [3.05, 3.63) is 0 Å². The van der Waals surface area contributed by atoms with Gasteiger partial charge in [0.25, 0.3) is 0 Å². The molecule has 0 aromatic rings. The van der Waals surface area contributed by atoms with Crippen LogP contribution in [-0.2, 0) is 0 Å². The fourth-order valence-electron chi connectivity index (χ4n) is 2.23. The van der Waals surface area contributed by atoms with E-state index in [2.05, 4.69) is 18.7 Å². The zero-order chi connectivity index (χ0) is 11.1. The Bertz CT molecular complexity index is 155. The minimum Gasteiger partial charge on any atom is -0.329 e. The molecule has 0 bridgehead atoms. The van der Waals surface area contributed by atoms with Crippen molar-refractivity contribution in [2.24, 2.45) is 11.7 Å². The van der Waals surface area contributed by atoms with Crippen LogP contribution in [0.1, 0.15) is 52.4 Å². The van der Waals surface area contributed by atoms with Gasteiger partial charge in [0.1, 0.15) is 0 Å². The van der Waals surface area contributed by atoms with Gasteiger partial charge in [-0.3, -0.25) is 4.90 Å². The van der Waals surface area contributed by atoms with Crippen LogP contribution >= 0.6 is 0 Å². The lowest BCUT2D eigenvalue weighted by Crippen LogP contribution is -2.42. The average Bonchev–Trinajstić information content (AvgIpc) is 3.03. The van der Waals surface area contributed by atoms with Crippen LogP contribution in [0.2, 0.25) is 0 Å². The summed E-state index contributed by atoms with van der Waals surface area (Å²) in [5, 5.41) is 0. The second kappa shape index (κ2) is 7.24. The number of hydrogen-bond acceptors (Lipinski definition) is 2. The van der Waals surface area contributed by atoms with Crippen molar-refractivity contribution in [1.82, 2.24) is 4.90 Å². The third kappa shape index (κ3) is 4.98. The van der Waals surface area contributed by atoms with Crippen LogP contribution in [0, 0.1) is 5.92 Å². The highest BCUT2D eigenvalue weighted by Crippen LogP contribution is 2.30. The van der Waals surface area contributed by atoms with Crippen molar-refractivity contribution in [2.75, 3.05) is 19.6 Å². The first-order valence-electron chi connectivity index (χ1n) is 6.75. The highest BCUT2D eigenvalue weighted by atomic mass is 15.2. The molecular weight excluding hydrogens is 184 g/mol. The average molecular weight is 212 g/mol. The van der Waals surface area contributed by atoms with E-state index in [0.717, 1.165) is 12.5 Å². The Morgan fingerprint density at radius 1 is 1.27 bits per heavy atom. The fourth-order valence-corrected chi connectivity index (χ4v) is 2.23. The van der Waals surface area contributed by atoms with E-state index in [0.29, 0.717) is 6.04 Å². The van der Waals surface area contributed by atoms with Crippen LogP contribution in [0.4, 0.5) is 0 Å². The Hall–Kier alpha value is -0.0800. The van der Waals surface area contributed by atoms with Gasteiger partial charge >= 0.3 is 0 Å². The molecule has 0 heterocycles. The number of nitrogens with zero attached hydrogens (tertiary/aromatic N) is 1. The molecule has 90 valence electrons. The van der Waals surface area contributed by atoms with Crippen LogP contribution < -0.4 is 5.73 Å². The minimum absolute atomic E-state index is 0.644. The molecule has 0 aromatic heterocycles. The fraction of sp³-hybridized carbons (Fsp3) is 1.00. The largest absolute Gasteiger partial charge is 0.329 e. The van der Waals surface area contributed by atoms with Gasteiger partial charge in [-0.2, -0.15) is 0 Å². The van der Waals surface area contributed by atoms with Crippen LogP contribution in [0.25, 0.3) is 0 Å². The van der Waals surface area contributed by atoms with Gasteiger partial charge in [0.2, 0.25) is 0 Å². The van der Waals surface area contributed by atoms with Gasteiger partial charge in [-0.15, -0.1) is 0 Å². The topological polar surface area (TPSA) is 29.3 Å². The van der Waals surface area contributed by atoms with E-state index in [1.54, 1.807) is 0 Å². The van der Waals surface area contributed by atoms with Crippen molar-refractivity contribution < 1.29 is 0 Å². The van der Waals surface area contributed by atoms with Gasteiger partial charge in [0, 0.05) is 19.1 Å². The van der Waals surface area contributed by atoms with Crippen LogP contribution in [0.3, 0.4) is 0 Å². The maximum atomic E-state index is 5.90. The molecule has 1 unspecified atom stereocenters. The second-order valence-corrected chi connectivity index (χ2v) is 4.97. The Morgan fingerprint density at radius 3 is 2.47 bits per heavy atom. The lowest BCUT2D eigenvalue weighted by Gasteiger charge is -2.30. The van der Waals surface area contributed by atoms with E-state index >= 15 is 0 Å². The molecule has 2 heteroatoms. The molecule has 1 fully saturated rings. The van der Waals surface area contributed by atoms with E-state index in [1.165, 1.54) is 51.6 Å². The third-order valence-electron chi connectivity index (χ3n) is 3.38. The zero-order valence-electron chi connectivity index (χ0n) is 10.5. The van der Waals surface area contributed by atoms with E-state index in [-0.39, 0.29) is 0 Å². The highest BCUT2D eigenvalue weighted by Gasteiger charge is 2.26. The van der Waals surface area contributed by atoms with E-state index in [1.807, 2.05) is 0 Å². The summed E-state index contributed by atoms with van der Waals surface area (Å²) in [6.07, 6.45) is 8.07. The molecule has 0 saturated heterocycles. The van der Waals surface area contributed by atoms with E-state index in [4.69, 9.17) is 5.73 Å². The Kier molecular flexibility index (Phi) is 6.26. The molecule has 0 aromatic carbocycles. The first-order valence-corrected chi connectivity index (χ1v) is 6.75. The third-order valence-corrected chi connectivity index (χ3v) is 3.38. The standard InChI is InChI=1S/C13H28N2/c1-3-5-6-13(10-14)15(9-4-2)11-12-7-8-12/h12-13H,3-11,14H2,1-2H3.